The topological polar surface area (TPSA) is 92.9 Å². The molecule has 132 valence electrons. The Kier molecular flexibility index (Phi) is 6.54. The maximum Gasteiger partial charge on any atom is 0.308 e. The Morgan fingerprint density at radius 2 is 1.72 bits per heavy atom. The lowest BCUT2D eigenvalue weighted by molar-refractivity contribution is -0.148. The minimum Gasteiger partial charge on any atom is -0.508 e. The maximum atomic E-state index is 12.3. The van der Waals surface area contributed by atoms with Crippen molar-refractivity contribution in [2.45, 2.75) is 25.6 Å². The molecule has 6 nitrogen and oxygen atoms in total. The van der Waals surface area contributed by atoms with E-state index in [0.29, 0.717) is 6.54 Å². The average molecular weight is 342 g/mol. The second-order valence-corrected chi connectivity index (χ2v) is 5.82. The molecule has 2 aromatic carbocycles. The van der Waals surface area contributed by atoms with E-state index in [2.05, 4.69) is 0 Å². The first kappa shape index (κ1) is 18.5. The summed E-state index contributed by atoms with van der Waals surface area (Å²) in [7, 11) is 1.62. The van der Waals surface area contributed by atoms with Gasteiger partial charge in [0.1, 0.15) is 12.4 Å². The van der Waals surface area contributed by atoms with E-state index < -0.39 is 12.0 Å². The number of aromatic hydroxyl groups is 1. The summed E-state index contributed by atoms with van der Waals surface area (Å²) in [6, 6.07) is 14.9. The van der Waals surface area contributed by atoms with Gasteiger partial charge in [0.15, 0.2) is 0 Å². The van der Waals surface area contributed by atoms with Crippen LogP contribution in [0.15, 0.2) is 54.6 Å². The van der Waals surface area contributed by atoms with Gasteiger partial charge in [0, 0.05) is 13.6 Å². The highest BCUT2D eigenvalue weighted by molar-refractivity contribution is 5.86. The molecule has 6 heteroatoms. The molecule has 0 heterocycles. The largest absolute Gasteiger partial charge is 0.508 e. The Morgan fingerprint density at radius 3 is 2.36 bits per heavy atom. The van der Waals surface area contributed by atoms with Crippen LogP contribution in [0.5, 0.6) is 5.75 Å². The molecular weight excluding hydrogens is 320 g/mol. The van der Waals surface area contributed by atoms with Crippen LogP contribution in [0.25, 0.3) is 0 Å². The molecule has 25 heavy (non-hydrogen) atoms. The molecule has 0 fully saturated rings. The first-order chi connectivity index (χ1) is 12.0. The maximum absolute atomic E-state index is 12.3. The number of esters is 1. The van der Waals surface area contributed by atoms with Gasteiger partial charge >= 0.3 is 5.97 Å². The Labute approximate surface area is 146 Å². The molecule has 0 bridgehead atoms. The number of phenolic OH excluding ortho intramolecular Hbond substituents is 1. The fourth-order valence-corrected chi connectivity index (χ4v) is 2.30. The van der Waals surface area contributed by atoms with Crippen molar-refractivity contribution in [3.63, 3.8) is 0 Å². The van der Waals surface area contributed by atoms with Gasteiger partial charge in [-0.15, -0.1) is 0 Å². The zero-order chi connectivity index (χ0) is 18.2. The van der Waals surface area contributed by atoms with E-state index in [9.17, 15) is 14.7 Å². The van der Waals surface area contributed by atoms with Crippen molar-refractivity contribution in [1.82, 2.24) is 4.90 Å². The van der Waals surface area contributed by atoms with Crippen molar-refractivity contribution in [2.75, 3.05) is 7.05 Å². The van der Waals surface area contributed by atoms with Gasteiger partial charge in [0.25, 0.3) is 0 Å². The second kappa shape index (κ2) is 8.84. The molecule has 0 aromatic heterocycles. The lowest BCUT2D eigenvalue weighted by Gasteiger charge is -2.21. The summed E-state index contributed by atoms with van der Waals surface area (Å²) < 4.78 is 5.14. The van der Waals surface area contributed by atoms with Gasteiger partial charge in [-0.3, -0.25) is 9.59 Å². The van der Waals surface area contributed by atoms with Crippen molar-refractivity contribution >= 4 is 11.9 Å². The van der Waals surface area contributed by atoms with Gasteiger partial charge in [0.05, 0.1) is 12.5 Å². The molecule has 0 saturated carbocycles. The number of rotatable bonds is 7. The summed E-state index contributed by atoms with van der Waals surface area (Å²) >= 11 is 0. The standard InChI is InChI=1S/C19H22N2O4/c1-21(12-14-7-9-16(22)10-8-14)19(24)17(20)11-18(23)25-13-15-5-3-2-4-6-15/h2-10,17,22H,11-13,20H2,1H3/t17-/m0/s1. The third kappa shape index (κ3) is 5.93. The molecule has 0 spiro atoms. The number of nitrogens with two attached hydrogens (primary N) is 1. The van der Waals surface area contributed by atoms with E-state index in [-0.39, 0.29) is 24.7 Å². The number of hydrogen-bond donors (Lipinski definition) is 2. The summed E-state index contributed by atoms with van der Waals surface area (Å²) in [5.74, 6) is -0.692. The van der Waals surface area contributed by atoms with E-state index >= 15 is 0 Å². The molecule has 3 N–H and O–H groups in total. The van der Waals surface area contributed by atoms with Crippen LogP contribution in [0.3, 0.4) is 0 Å². The number of amides is 1. The van der Waals surface area contributed by atoms with Crippen LogP contribution in [0.2, 0.25) is 0 Å². The Morgan fingerprint density at radius 1 is 1.08 bits per heavy atom. The molecule has 1 atom stereocenters. The fourth-order valence-electron chi connectivity index (χ4n) is 2.30. The van der Waals surface area contributed by atoms with Crippen LogP contribution in [-0.4, -0.2) is 35.0 Å². The van der Waals surface area contributed by atoms with E-state index in [0.717, 1.165) is 11.1 Å². The summed E-state index contributed by atoms with van der Waals surface area (Å²) in [6.07, 6.45) is -0.175. The zero-order valence-corrected chi connectivity index (χ0v) is 14.1. The van der Waals surface area contributed by atoms with Crippen LogP contribution in [0.1, 0.15) is 17.5 Å². The first-order valence-electron chi connectivity index (χ1n) is 7.93. The highest BCUT2D eigenvalue weighted by atomic mass is 16.5. The Bertz CT molecular complexity index is 701. The van der Waals surface area contributed by atoms with Gasteiger partial charge in [-0.05, 0) is 23.3 Å². The molecular formula is C19H22N2O4. The molecule has 0 unspecified atom stereocenters. The van der Waals surface area contributed by atoms with Gasteiger partial charge in [-0.2, -0.15) is 0 Å². The lowest BCUT2D eigenvalue weighted by Crippen LogP contribution is -2.42. The van der Waals surface area contributed by atoms with Crippen LogP contribution < -0.4 is 5.73 Å². The van der Waals surface area contributed by atoms with Crippen molar-refractivity contribution in [2.24, 2.45) is 5.73 Å². The molecule has 0 aliphatic carbocycles. The Hall–Kier alpha value is -2.86. The van der Waals surface area contributed by atoms with Crippen molar-refractivity contribution in [1.29, 1.82) is 0 Å². The van der Waals surface area contributed by atoms with E-state index in [1.54, 1.807) is 31.3 Å². The molecule has 0 radical (unpaired) electrons. The monoisotopic (exact) mass is 342 g/mol. The van der Waals surface area contributed by atoms with E-state index in [1.165, 1.54) is 4.90 Å². The van der Waals surface area contributed by atoms with Crippen LogP contribution >= 0.6 is 0 Å². The van der Waals surface area contributed by atoms with Gasteiger partial charge in [-0.1, -0.05) is 42.5 Å². The van der Waals surface area contributed by atoms with Crippen molar-refractivity contribution < 1.29 is 19.4 Å². The lowest BCUT2D eigenvalue weighted by atomic mass is 10.1. The zero-order valence-electron chi connectivity index (χ0n) is 14.1. The second-order valence-electron chi connectivity index (χ2n) is 5.82. The number of phenols is 1. The van der Waals surface area contributed by atoms with Crippen molar-refractivity contribution in [3.05, 3.63) is 65.7 Å². The summed E-state index contributed by atoms with van der Waals surface area (Å²) in [5.41, 5.74) is 7.56. The normalized spacial score (nSPS) is 11.6. The molecule has 0 aliphatic rings. The highest BCUT2D eigenvalue weighted by Gasteiger charge is 2.22. The van der Waals surface area contributed by atoms with Gasteiger partial charge in [0.2, 0.25) is 5.91 Å². The predicted molar refractivity (Wildman–Crippen MR) is 93.4 cm³/mol. The predicted octanol–water partition coefficient (Wildman–Crippen LogP) is 1.81. The Balaban J connectivity index is 1.80. The average Bonchev–Trinajstić information content (AvgIpc) is 2.62. The molecule has 0 aliphatic heterocycles. The number of ether oxygens (including phenoxy) is 1. The van der Waals surface area contributed by atoms with E-state index in [4.69, 9.17) is 10.5 Å². The number of nitrogens with zero attached hydrogens (tertiary/aromatic N) is 1. The number of hydrogen-bond acceptors (Lipinski definition) is 5. The van der Waals surface area contributed by atoms with E-state index in [1.807, 2.05) is 30.3 Å². The minimum absolute atomic E-state index is 0.157. The quantitative estimate of drug-likeness (QED) is 0.749. The van der Waals surface area contributed by atoms with Crippen LogP contribution in [0, 0.1) is 0 Å². The SMILES string of the molecule is CN(Cc1ccc(O)cc1)C(=O)[C@@H](N)CC(=O)OCc1ccccc1. The number of benzene rings is 2. The third-order valence-electron chi connectivity index (χ3n) is 3.68. The molecule has 2 rings (SSSR count). The number of carbonyl (C=O) groups is 2. The third-order valence-corrected chi connectivity index (χ3v) is 3.68. The minimum atomic E-state index is -0.953. The molecule has 2 aromatic rings. The highest BCUT2D eigenvalue weighted by Crippen LogP contribution is 2.12. The fraction of sp³-hybridized carbons (Fsp3) is 0.263. The van der Waals surface area contributed by atoms with Crippen molar-refractivity contribution in [3.8, 4) is 5.75 Å². The van der Waals surface area contributed by atoms with Crippen LogP contribution in [0.4, 0.5) is 0 Å². The summed E-state index contributed by atoms with van der Waals surface area (Å²) in [4.78, 5) is 25.6. The summed E-state index contributed by atoms with van der Waals surface area (Å²) in [6.45, 7) is 0.496. The molecule has 1 amide bonds. The number of likely N-dealkylation sites (N-methyl/N-ethyl adjacent to an activating group) is 1. The first-order valence-corrected chi connectivity index (χ1v) is 7.93. The van der Waals surface area contributed by atoms with Gasteiger partial charge in [-0.25, -0.2) is 0 Å². The summed E-state index contributed by atoms with van der Waals surface area (Å²) in [5, 5.41) is 9.27. The van der Waals surface area contributed by atoms with Crippen LogP contribution in [-0.2, 0) is 27.5 Å². The number of carbonyl (C=O) groups excluding carboxylic acids is 2. The molecule has 0 saturated heterocycles. The smallest absolute Gasteiger partial charge is 0.308 e. The van der Waals surface area contributed by atoms with Gasteiger partial charge < -0.3 is 20.5 Å².